The quantitative estimate of drug-likeness (QED) is 0.773. The van der Waals surface area contributed by atoms with E-state index in [0.717, 1.165) is 18.8 Å². The minimum atomic E-state index is 0.697. The standard InChI is InChI=1S/C16H27N3/c1-14(13-19-9-5-2-6-10-19)11-18-12-15-7-3-4-8-16(15)17/h3-4,7-8,14,18H,2,5-6,9-13,17H2,1H3. The average Bonchev–Trinajstić information content (AvgIpc) is 2.42. The zero-order valence-electron chi connectivity index (χ0n) is 12.1. The summed E-state index contributed by atoms with van der Waals surface area (Å²) in [6.07, 6.45) is 4.16. The molecule has 1 atom stereocenters. The van der Waals surface area contributed by atoms with Crippen molar-refractivity contribution in [3.63, 3.8) is 0 Å². The lowest BCUT2D eigenvalue weighted by atomic mass is 10.1. The first-order chi connectivity index (χ1) is 9.25. The van der Waals surface area contributed by atoms with Gasteiger partial charge in [-0.15, -0.1) is 0 Å². The number of para-hydroxylation sites is 1. The molecule has 2 rings (SSSR count). The Bertz CT molecular complexity index is 372. The Hall–Kier alpha value is -1.06. The number of hydrogen-bond donors (Lipinski definition) is 2. The van der Waals surface area contributed by atoms with Crippen LogP contribution in [0, 0.1) is 5.92 Å². The number of benzene rings is 1. The van der Waals surface area contributed by atoms with E-state index < -0.39 is 0 Å². The van der Waals surface area contributed by atoms with Crippen molar-refractivity contribution in [3.05, 3.63) is 29.8 Å². The summed E-state index contributed by atoms with van der Waals surface area (Å²) in [5.74, 6) is 0.697. The van der Waals surface area contributed by atoms with Crippen molar-refractivity contribution in [2.45, 2.75) is 32.7 Å². The second kappa shape index (κ2) is 7.51. The fraction of sp³-hybridized carbons (Fsp3) is 0.625. The van der Waals surface area contributed by atoms with Gasteiger partial charge in [-0.3, -0.25) is 0 Å². The van der Waals surface area contributed by atoms with Gasteiger partial charge in [0.05, 0.1) is 0 Å². The number of likely N-dealkylation sites (tertiary alicyclic amines) is 1. The third-order valence-corrected chi connectivity index (χ3v) is 3.88. The SMILES string of the molecule is CC(CNCc1ccccc1N)CN1CCCCC1. The van der Waals surface area contributed by atoms with E-state index in [1.165, 1.54) is 44.5 Å². The van der Waals surface area contributed by atoms with Gasteiger partial charge in [0.1, 0.15) is 0 Å². The number of nitrogens with zero attached hydrogens (tertiary/aromatic N) is 1. The first kappa shape index (κ1) is 14.4. The molecular formula is C16H27N3. The number of nitrogens with two attached hydrogens (primary N) is 1. The molecule has 3 nitrogen and oxygen atoms in total. The van der Waals surface area contributed by atoms with Gasteiger partial charge < -0.3 is 16.0 Å². The van der Waals surface area contributed by atoms with Crippen molar-refractivity contribution in [2.75, 3.05) is 31.9 Å². The van der Waals surface area contributed by atoms with E-state index in [0.29, 0.717) is 5.92 Å². The first-order valence-corrected chi connectivity index (χ1v) is 7.52. The topological polar surface area (TPSA) is 41.3 Å². The summed E-state index contributed by atoms with van der Waals surface area (Å²) in [7, 11) is 0. The number of piperidine rings is 1. The van der Waals surface area contributed by atoms with Crippen LogP contribution < -0.4 is 11.1 Å². The van der Waals surface area contributed by atoms with Gasteiger partial charge in [0, 0.05) is 18.8 Å². The molecule has 3 N–H and O–H groups in total. The van der Waals surface area contributed by atoms with E-state index in [-0.39, 0.29) is 0 Å². The molecule has 0 saturated carbocycles. The predicted octanol–water partition coefficient (Wildman–Crippen LogP) is 2.48. The Kier molecular flexibility index (Phi) is 5.67. The van der Waals surface area contributed by atoms with E-state index in [9.17, 15) is 0 Å². The molecule has 1 aromatic carbocycles. The van der Waals surface area contributed by atoms with Crippen LogP contribution in [0.4, 0.5) is 5.69 Å². The molecule has 106 valence electrons. The van der Waals surface area contributed by atoms with E-state index in [1.54, 1.807) is 0 Å². The maximum absolute atomic E-state index is 5.94. The van der Waals surface area contributed by atoms with Crippen molar-refractivity contribution in [2.24, 2.45) is 5.92 Å². The van der Waals surface area contributed by atoms with Crippen molar-refractivity contribution in [3.8, 4) is 0 Å². The second-order valence-electron chi connectivity index (χ2n) is 5.80. The Morgan fingerprint density at radius 1 is 1.21 bits per heavy atom. The molecule has 0 radical (unpaired) electrons. The molecule has 0 aliphatic carbocycles. The van der Waals surface area contributed by atoms with Crippen LogP contribution >= 0.6 is 0 Å². The van der Waals surface area contributed by atoms with Crippen LogP contribution in [0.3, 0.4) is 0 Å². The third-order valence-electron chi connectivity index (χ3n) is 3.88. The molecule has 3 heteroatoms. The van der Waals surface area contributed by atoms with Crippen molar-refractivity contribution in [1.82, 2.24) is 10.2 Å². The monoisotopic (exact) mass is 261 g/mol. The van der Waals surface area contributed by atoms with Crippen LogP contribution in [0.5, 0.6) is 0 Å². The lowest BCUT2D eigenvalue weighted by molar-refractivity contribution is 0.199. The zero-order valence-corrected chi connectivity index (χ0v) is 12.1. The Morgan fingerprint density at radius 3 is 2.68 bits per heavy atom. The number of nitrogens with one attached hydrogen (secondary N) is 1. The largest absolute Gasteiger partial charge is 0.398 e. The molecule has 1 aromatic rings. The van der Waals surface area contributed by atoms with Crippen molar-refractivity contribution >= 4 is 5.69 Å². The Balaban J connectivity index is 1.66. The molecule has 1 aliphatic heterocycles. The summed E-state index contributed by atoms with van der Waals surface area (Å²) in [6.45, 7) is 8.06. The molecule has 1 aliphatic rings. The summed E-state index contributed by atoms with van der Waals surface area (Å²) in [5, 5.41) is 3.53. The molecule has 1 saturated heterocycles. The average molecular weight is 261 g/mol. The van der Waals surface area contributed by atoms with Gasteiger partial charge in [0.2, 0.25) is 0 Å². The number of rotatable bonds is 6. The van der Waals surface area contributed by atoms with Gasteiger partial charge in [-0.25, -0.2) is 0 Å². The van der Waals surface area contributed by atoms with Gasteiger partial charge in [0.15, 0.2) is 0 Å². The van der Waals surface area contributed by atoms with Crippen LogP contribution in [0.15, 0.2) is 24.3 Å². The lowest BCUT2D eigenvalue weighted by Crippen LogP contribution is -2.36. The van der Waals surface area contributed by atoms with Gasteiger partial charge in [-0.05, 0) is 50.0 Å². The highest BCUT2D eigenvalue weighted by molar-refractivity contribution is 5.46. The highest BCUT2D eigenvalue weighted by atomic mass is 15.1. The highest BCUT2D eigenvalue weighted by Gasteiger charge is 2.13. The summed E-state index contributed by atoms with van der Waals surface area (Å²) < 4.78 is 0. The molecule has 1 heterocycles. The van der Waals surface area contributed by atoms with Crippen LogP contribution in [0.25, 0.3) is 0 Å². The molecule has 0 bridgehead atoms. The summed E-state index contributed by atoms with van der Waals surface area (Å²) in [5.41, 5.74) is 8.03. The van der Waals surface area contributed by atoms with Crippen LogP contribution in [0.2, 0.25) is 0 Å². The summed E-state index contributed by atoms with van der Waals surface area (Å²) in [4.78, 5) is 2.60. The van der Waals surface area contributed by atoms with Crippen LogP contribution in [-0.2, 0) is 6.54 Å². The van der Waals surface area contributed by atoms with Crippen molar-refractivity contribution < 1.29 is 0 Å². The molecule has 1 unspecified atom stereocenters. The molecule has 1 fully saturated rings. The number of hydrogen-bond acceptors (Lipinski definition) is 3. The molecule has 0 spiro atoms. The normalized spacial score (nSPS) is 18.4. The third kappa shape index (κ3) is 4.84. The Labute approximate surface area is 117 Å². The van der Waals surface area contributed by atoms with E-state index >= 15 is 0 Å². The number of nitrogen functional groups attached to an aromatic ring is 1. The Morgan fingerprint density at radius 2 is 1.95 bits per heavy atom. The molecular weight excluding hydrogens is 234 g/mol. The maximum atomic E-state index is 5.94. The predicted molar refractivity (Wildman–Crippen MR) is 82.0 cm³/mol. The first-order valence-electron chi connectivity index (χ1n) is 7.52. The lowest BCUT2D eigenvalue weighted by Gasteiger charge is -2.29. The minimum absolute atomic E-state index is 0.697. The smallest absolute Gasteiger partial charge is 0.0359 e. The second-order valence-corrected chi connectivity index (χ2v) is 5.80. The van der Waals surface area contributed by atoms with Gasteiger partial charge in [-0.1, -0.05) is 31.5 Å². The van der Waals surface area contributed by atoms with Gasteiger partial charge in [0.25, 0.3) is 0 Å². The highest BCUT2D eigenvalue weighted by Crippen LogP contribution is 2.12. The number of anilines is 1. The van der Waals surface area contributed by atoms with E-state index in [2.05, 4.69) is 23.2 Å². The van der Waals surface area contributed by atoms with Crippen molar-refractivity contribution in [1.29, 1.82) is 0 Å². The fourth-order valence-electron chi connectivity index (χ4n) is 2.80. The van der Waals surface area contributed by atoms with E-state index in [4.69, 9.17) is 5.73 Å². The molecule has 0 amide bonds. The van der Waals surface area contributed by atoms with Crippen LogP contribution in [0.1, 0.15) is 31.7 Å². The zero-order chi connectivity index (χ0) is 13.5. The van der Waals surface area contributed by atoms with E-state index in [1.807, 2.05) is 18.2 Å². The minimum Gasteiger partial charge on any atom is -0.398 e. The summed E-state index contributed by atoms with van der Waals surface area (Å²) in [6, 6.07) is 8.09. The molecule has 0 aromatic heterocycles. The van der Waals surface area contributed by atoms with Gasteiger partial charge in [-0.2, -0.15) is 0 Å². The maximum Gasteiger partial charge on any atom is 0.0359 e. The van der Waals surface area contributed by atoms with Gasteiger partial charge >= 0.3 is 0 Å². The summed E-state index contributed by atoms with van der Waals surface area (Å²) >= 11 is 0. The fourth-order valence-corrected chi connectivity index (χ4v) is 2.80. The van der Waals surface area contributed by atoms with Crippen LogP contribution in [-0.4, -0.2) is 31.1 Å². The molecule has 19 heavy (non-hydrogen) atoms.